The highest BCUT2D eigenvalue weighted by atomic mass is 16.5. The zero-order valence-corrected chi connectivity index (χ0v) is 17.8. The Morgan fingerprint density at radius 2 is 1.39 bits per heavy atom. The van der Waals surface area contributed by atoms with Crippen molar-refractivity contribution in [1.82, 2.24) is 15.0 Å². The summed E-state index contributed by atoms with van der Waals surface area (Å²) in [4.78, 5) is 13.5. The van der Waals surface area contributed by atoms with E-state index in [4.69, 9.17) is 4.74 Å². The van der Waals surface area contributed by atoms with Gasteiger partial charge in [0.15, 0.2) is 0 Å². The lowest BCUT2D eigenvalue weighted by Gasteiger charge is -2.06. The molecule has 0 N–H and O–H groups in total. The van der Waals surface area contributed by atoms with Gasteiger partial charge in [-0.05, 0) is 31.4 Å². The van der Waals surface area contributed by atoms with Crippen molar-refractivity contribution in [2.24, 2.45) is 0 Å². The van der Waals surface area contributed by atoms with Crippen LogP contribution in [0.3, 0.4) is 0 Å². The van der Waals surface area contributed by atoms with E-state index in [9.17, 15) is 0 Å². The molecule has 0 saturated carbocycles. The maximum Gasteiger partial charge on any atom is 0.232 e. The molecule has 0 unspecified atom stereocenters. The van der Waals surface area contributed by atoms with Gasteiger partial charge in [0.1, 0.15) is 0 Å². The summed E-state index contributed by atoms with van der Waals surface area (Å²) >= 11 is 0. The molecule has 0 spiro atoms. The fraction of sp³-hybridized carbons (Fsp3) is 0.625. The average molecular weight is 384 g/mol. The second-order valence-corrected chi connectivity index (χ2v) is 7.56. The quantitative estimate of drug-likeness (QED) is 0.318. The number of aromatic nitrogens is 3. The van der Waals surface area contributed by atoms with Crippen molar-refractivity contribution < 1.29 is 4.74 Å². The minimum atomic E-state index is 0.606. The number of hydrogen-bond donors (Lipinski definition) is 0. The van der Waals surface area contributed by atoms with Gasteiger partial charge in [-0.3, -0.25) is 4.98 Å². The topological polar surface area (TPSA) is 47.9 Å². The van der Waals surface area contributed by atoms with Crippen molar-refractivity contribution in [2.75, 3.05) is 6.61 Å². The Hall–Kier alpha value is -1.97. The second kappa shape index (κ2) is 14.1. The Balaban J connectivity index is 1.70. The van der Waals surface area contributed by atoms with Crippen molar-refractivity contribution in [3.8, 4) is 17.1 Å². The Kier molecular flexibility index (Phi) is 11.2. The lowest BCUT2D eigenvalue weighted by Crippen LogP contribution is -2.00. The molecule has 154 valence electrons. The molecular formula is C24H37N3O. The number of nitrogens with zero attached hydrogens (tertiary/aromatic N) is 3. The number of aryl methyl sites for hydroxylation is 1. The van der Waals surface area contributed by atoms with Crippen LogP contribution in [0.15, 0.2) is 30.7 Å². The minimum Gasteiger partial charge on any atom is -0.477 e. The van der Waals surface area contributed by atoms with Crippen LogP contribution in [0.4, 0.5) is 0 Å². The van der Waals surface area contributed by atoms with E-state index in [2.05, 4.69) is 40.9 Å². The third-order valence-corrected chi connectivity index (χ3v) is 5.03. The lowest BCUT2D eigenvalue weighted by molar-refractivity contribution is 0.292. The molecular weight excluding hydrogens is 346 g/mol. The molecule has 0 bridgehead atoms. The molecule has 0 atom stereocenters. The van der Waals surface area contributed by atoms with Gasteiger partial charge in [-0.25, -0.2) is 9.97 Å². The number of hydrogen-bond acceptors (Lipinski definition) is 4. The molecule has 0 aliphatic carbocycles. The SMILES string of the molecule is CCCCCCCCOc1cnc(-c2ccc(CCCCCCC)nc2)cn1. The first-order chi connectivity index (χ1) is 13.8. The molecule has 0 aliphatic rings. The molecule has 0 aromatic carbocycles. The van der Waals surface area contributed by atoms with Gasteiger partial charge in [0, 0.05) is 17.5 Å². The largest absolute Gasteiger partial charge is 0.477 e. The molecule has 0 saturated heterocycles. The van der Waals surface area contributed by atoms with Crippen LogP contribution < -0.4 is 4.74 Å². The molecule has 2 aromatic rings. The van der Waals surface area contributed by atoms with E-state index in [0.717, 1.165) is 29.8 Å². The third-order valence-electron chi connectivity index (χ3n) is 5.03. The first-order valence-corrected chi connectivity index (χ1v) is 11.2. The Morgan fingerprint density at radius 3 is 2.04 bits per heavy atom. The van der Waals surface area contributed by atoms with Crippen molar-refractivity contribution in [1.29, 1.82) is 0 Å². The van der Waals surface area contributed by atoms with Gasteiger partial charge in [0.2, 0.25) is 5.88 Å². The summed E-state index contributed by atoms with van der Waals surface area (Å²) in [6.45, 7) is 5.21. The van der Waals surface area contributed by atoms with Gasteiger partial charge in [0.05, 0.1) is 24.7 Å². The summed E-state index contributed by atoms with van der Waals surface area (Å²) in [7, 11) is 0. The minimum absolute atomic E-state index is 0.606. The number of rotatable bonds is 15. The van der Waals surface area contributed by atoms with Crippen molar-refractivity contribution in [3.63, 3.8) is 0 Å². The maximum absolute atomic E-state index is 5.71. The van der Waals surface area contributed by atoms with Crippen LogP contribution in [0.2, 0.25) is 0 Å². The number of pyridine rings is 1. The highest BCUT2D eigenvalue weighted by molar-refractivity contribution is 5.56. The van der Waals surface area contributed by atoms with Crippen LogP contribution >= 0.6 is 0 Å². The molecule has 0 amide bonds. The van der Waals surface area contributed by atoms with Crippen LogP contribution in [-0.2, 0) is 6.42 Å². The van der Waals surface area contributed by atoms with E-state index in [0.29, 0.717) is 12.5 Å². The molecule has 2 rings (SSSR count). The van der Waals surface area contributed by atoms with Crippen molar-refractivity contribution in [2.45, 2.75) is 90.9 Å². The zero-order valence-electron chi connectivity index (χ0n) is 17.8. The van der Waals surface area contributed by atoms with E-state index in [1.165, 1.54) is 64.2 Å². The van der Waals surface area contributed by atoms with Gasteiger partial charge in [0.25, 0.3) is 0 Å². The van der Waals surface area contributed by atoms with Gasteiger partial charge in [-0.15, -0.1) is 0 Å². The molecule has 0 radical (unpaired) electrons. The Labute approximate surface area is 171 Å². The summed E-state index contributed by atoms with van der Waals surface area (Å²) in [6, 6.07) is 4.20. The average Bonchev–Trinajstić information content (AvgIpc) is 2.74. The highest BCUT2D eigenvalue weighted by Crippen LogP contribution is 2.18. The molecule has 4 heteroatoms. The molecule has 4 nitrogen and oxygen atoms in total. The van der Waals surface area contributed by atoms with Crippen LogP contribution in [0.5, 0.6) is 5.88 Å². The first-order valence-electron chi connectivity index (χ1n) is 11.2. The fourth-order valence-electron chi connectivity index (χ4n) is 3.23. The summed E-state index contributed by atoms with van der Waals surface area (Å²) in [5.74, 6) is 0.606. The second-order valence-electron chi connectivity index (χ2n) is 7.56. The standard InChI is InChI=1S/C24H37N3O/c1-3-5-7-9-11-13-17-28-24-20-26-23(19-27-24)21-15-16-22(25-18-21)14-12-10-8-6-4-2/h15-16,18-20H,3-14,17H2,1-2H3. The highest BCUT2D eigenvalue weighted by Gasteiger charge is 2.03. The molecule has 0 fully saturated rings. The Bertz CT molecular complexity index is 625. The van der Waals surface area contributed by atoms with E-state index in [1.54, 1.807) is 12.4 Å². The van der Waals surface area contributed by atoms with Gasteiger partial charge < -0.3 is 4.74 Å². The van der Waals surface area contributed by atoms with Crippen molar-refractivity contribution in [3.05, 3.63) is 36.4 Å². The van der Waals surface area contributed by atoms with E-state index in [-0.39, 0.29) is 0 Å². The summed E-state index contributed by atoms with van der Waals surface area (Å²) in [5, 5.41) is 0. The van der Waals surface area contributed by atoms with Crippen LogP contribution in [0.1, 0.15) is 90.2 Å². The normalized spacial score (nSPS) is 10.9. The summed E-state index contributed by atoms with van der Waals surface area (Å²) in [5.41, 5.74) is 3.01. The Morgan fingerprint density at radius 1 is 0.679 bits per heavy atom. The van der Waals surface area contributed by atoms with E-state index in [1.807, 2.05) is 6.20 Å². The van der Waals surface area contributed by atoms with Crippen LogP contribution in [0.25, 0.3) is 11.3 Å². The zero-order chi connectivity index (χ0) is 19.9. The van der Waals surface area contributed by atoms with E-state index >= 15 is 0 Å². The third kappa shape index (κ3) is 8.81. The number of unbranched alkanes of at least 4 members (excludes halogenated alkanes) is 9. The van der Waals surface area contributed by atoms with Crippen molar-refractivity contribution >= 4 is 0 Å². The molecule has 28 heavy (non-hydrogen) atoms. The molecule has 2 aromatic heterocycles. The molecule has 0 aliphatic heterocycles. The predicted molar refractivity (Wildman–Crippen MR) is 117 cm³/mol. The first kappa shape index (κ1) is 22.3. The predicted octanol–water partition coefficient (Wildman–Crippen LogP) is 6.79. The van der Waals surface area contributed by atoms with Gasteiger partial charge >= 0.3 is 0 Å². The fourth-order valence-corrected chi connectivity index (χ4v) is 3.23. The van der Waals surface area contributed by atoms with Crippen LogP contribution in [0, 0.1) is 0 Å². The molecule has 2 heterocycles. The summed E-state index contributed by atoms with van der Waals surface area (Å²) < 4.78 is 5.71. The van der Waals surface area contributed by atoms with Crippen LogP contribution in [-0.4, -0.2) is 21.6 Å². The van der Waals surface area contributed by atoms with Gasteiger partial charge in [-0.2, -0.15) is 0 Å². The van der Waals surface area contributed by atoms with Gasteiger partial charge in [-0.1, -0.05) is 71.6 Å². The lowest BCUT2D eigenvalue weighted by atomic mass is 10.1. The monoisotopic (exact) mass is 383 g/mol. The summed E-state index contributed by atoms with van der Waals surface area (Å²) in [6.07, 6.45) is 20.5. The smallest absolute Gasteiger partial charge is 0.232 e. The maximum atomic E-state index is 5.71. The number of ether oxygens (including phenoxy) is 1. The van der Waals surface area contributed by atoms with E-state index < -0.39 is 0 Å².